The van der Waals surface area contributed by atoms with Crippen LogP contribution >= 0.6 is 11.3 Å². The summed E-state index contributed by atoms with van der Waals surface area (Å²) in [5.41, 5.74) is 2.19. The van der Waals surface area contributed by atoms with Gasteiger partial charge in [0.2, 0.25) is 5.91 Å². The molecule has 2 aromatic rings. The van der Waals surface area contributed by atoms with Crippen molar-refractivity contribution in [1.29, 1.82) is 0 Å². The zero-order valence-corrected chi connectivity index (χ0v) is 14.5. The maximum Gasteiger partial charge on any atom is 0.227 e. The van der Waals surface area contributed by atoms with Crippen molar-refractivity contribution >= 4 is 17.2 Å². The van der Waals surface area contributed by atoms with Gasteiger partial charge >= 0.3 is 0 Å². The Bertz CT molecular complexity index is 673. The van der Waals surface area contributed by atoms with Crippen LogP contribution in [0.4, 0.5) is 0 Å². The molecule has 0 spiro atoms. The quantitative estimate of drug-likeness (QED) is 0.786. The number of nitrogens with one attached hydrogen (secondary N) is 1. The van der Waals surface area contributed by atoms with E-state index in [1.54, 1.807) is 17.4 Å². The smallest absolute Gasteiger partial charge is 0.227 e. The number of aromatic nitrogens is 1. The number of nitrogens with zero attached hydrogens (tertiary/aromatic N) is 1. The normalized spacial score (nSPS) is 14.7. The van der Waals surface area contributed by atoms with Gasteiger partial charge < -0.3 is 10.1 Å². The number of fused-ring (bicyclic) bond motifs is 1. The molecule has 1 atom stereocenters. The Balaban J connectivity index is 1.55. The van der Waals surface area contributed by atoms with Crippen molar-refractivity contribution in [2.45, 2.75) is 31.8 Å². The summed E-state index contributed by atoms with van der Waals surface area (Å²) in [5.74, 6) is -0.132. The van der Waals surface area contributed by atoms with E-state index in [4.69, 9.17) is 4.74 Å². The Kier molecular flexibility index (Phi) is 5.77. The molecule has 0 radical (unpaired) electrons. The lowest BCUT2D eigenvalue weighted by Crippen LogP contribution is -2.30. The molecule has 3 rings (SSSR count). The first-order chi connectivity index (χ1) is 11.8. The highest BCUT2D eigenvalue weighted by Gasteiger charge is 2.19. The predicted octanol–water partition coefficient (Wildman–Crippen LogP) is 3.23. The Hall–Kier alpha value is -1.98. The highest BCUT2D eigenvalue weighted by Crippen LogP contribution is 2.24. The molecule has 24 heavy (non-hydrogen) atoms. The number of carbonyl (C=O) groups is 1. The van der Waals surface area contributed by atoms with Gasteiger partial charge in [-0.1, -0.05) is 36.4 Å². The molecule has 1 amide bonds. The van der Waals surface area contributed by atoms with Gasteiger partial charge in [0.05, 0.1) is 34.7 Å². The Morgan fingerprint density at radius 3 is 3.00 bits per heavy atom. The monoisotopic (exact) mass is 342 g/mol. The molecule has 126 valence electrons. The topological polar surface area (TPSA) is 51.2 Å². The van der Waals surface area contributed by atoms with Crippen molar-refractivity contribution in [1.82, 2.24) is 10.3 Å². The van der Waals surface area contributed by atoms with Gasteiger partial charge in [0, 0.05) is 19.4 Å². The summed E-state index contributed by atoms with van der Waals surface area (Å²) in [5, 5.41) is 4.12. The second-order valence-electron chi connectivity index (χ2n) is 5.81. The van der Waals surface area contributed by atoms with Crippen LogP contribution in [-0.2, 0) is 29.0 Å². The molecule has 0 bridgehead atoms. The van der Waals surface area contributed by atoms with Crippen LogP contribution < -0.4 is 5.32 Å². The van der Waals surface area contributed by atoms with Crippen molar-refractivity contribution in [3.8, 4) is 0 Å². The van der Waals surface area contributed by atoms with Crippen molar-refractivity contribution in [3.63, 3.8) is 0 Å². The van der Waals surface area contributed by atoms with Crippen LogP contribution in [0.15, 0.2) is 43.0 Å². The van der Waals surface area contributed by atoms with Gasteiger partial charge in [-0.05, 0) is 12.0 Å². The first-order valence-corrected chi connectivity index (χ1v) is 9.08. The summed E-state index contributed by atoms with van der Waals surface area (Å²) >= 11 is 1.70. The van der Waals surface area contributed by atoms with Gasteiger partial charge in [0.1, 0.15) is 0 Å². The van der Waals surface area contributed by atoms with Crippen molar-refractivity contribution in [2.75, 3.05) is 13.2 Å². The van der Waals surface area contributed by atoms with E-state index in [1.165, 1.54) is 10.6 Å². The van der Waals surface area contributed by atoms with E-state index in [-0.39, 0.29) is 11.8 Å². The molecule has 1 N–H and O–H groups in total. The maximum atomic E-state index is 12.5. The molecule has 1 aromatic carbocycles. The zero-order chi connectivity index (χ0) is 16.8. The molecule has 5 heteroatoms. The summed E-state index contributed by atoms with van der Waals surface area (Å²) in [6.07, 6.45) is 4.09. The third-order valence-corrected chi connectivity index (χ3v) is 5.23. The van der Waals surface area contributed by atoms with E-state index in [2.05, 4.69) is 16.9 Å². The van der Waals surface area contributed by atoms with E-state index in [1.807, 2.05) is 30.3 Å². The van der Waals surface area contributed by atoms with E-state index in [0.29, 0.717) is 19.6 Å². The first-order valence-electron chi connectivity index (χ1n) is 8.26. The third kappa shape index (κ3) is 4.10. The molecule has 1 aromatic heterocycles. The van der Waals surface area contributed by atoms with E-state index in [0.717, 1.165) is 30.0 Å². The summed E-state index contributed by atoms with van der Waals surface area (Å²) in [7, 11) is 0. The number of ether oxygens (including phenoxy) is 1. The molecular formula is C19H22N2O2S. The number of amides is 1. The summed E-state index contributed by atoms with van der Waals surface area (Å²) in [4.78, 5) is 18.4. The lowest BCUT2D eigenvalue weighted by molar-refractivity contribution is -0.122. The number of rotatable bonds is 7. The average molecular weight is 342 g/mol. The predicted molar refractivity (Wildman–Crippen MR) is 96.2 cm³/mol. The lowest BCUT2D eigenvalue weighted by atomic mass is 9.95. The van der Waals surface area contributed by atoms with Crippen LogP contribution in [0.2, 0.25) is 0 Å². The van der Waals surface area contributed by atoms with E-state index in [9.17, 15) is 4.79 Å². The van der Waals surface area contributed by atoms with Crippen LogP contribution in [0.5, 0.6) is 0 Å². The van der Waals surface area contributed by atoms with Crippen molar-refractivity contribution < 1.29 is 9.53 Å². The fraction of sp³-hybridized carbons (Fsp3) is 0.368. The summed E-state index contributed by atoms with van der Waals surface area (Å²) in [6.45, 7) is 5.81. The standard InChI is InChI=1S/C19H22N2O2S/c1-2-6-15(14-7-4-3-5-8-14)19(22)20-11-9-18-21-16-10-12-23-13-17(16)24-18/h2-5,7-8,15H,1,6,9-13H2,(H,20,22). The number of thiazole rings is 1. The molecule has 0 saturated heterocycles. The minimum absolute atomic E-state index is 0.0470. The molecule has 1 unspecified atom stereocenters. The Labute approximate surface area is 146 Å². The molecule has 0 fully saturated rings. The fourth-order valence-corrected chi connectivity index (χ4v) is 3.90. The van der Waals surface area contributed by atoms with Gasteiger partial charge in [-0.15, -0.1) is 17.9 Å². The minimum atomic E-state index is -0.179. The van der Waals surface area contributed by atoms with Crippen molar-refractivity contribution in [2.24, 2.45) is 0 Å². The first kappa shape index (κ1) is 16.9. The fourth-order valence-electron chi connectivity index (χ4n) is 2.85. The average Bonchev–Trinajstić information content (AvgIpc) is 3.03. The van der Waals surface area contributed by atoms with Crippen LogP contribution in [0, 0.1) is 0 Å². The molecule has 0 saturated carbocycles. The summed E-state index contributed by atoms with van der Waals surface area (Å²) < 4.78 is 5.45. The molecule has 4 nitrogen and oxygen atoms in total. The molecule has 1 aliphatic rings. The molecule has 0 aliphatic carbocycles. The lowest BCUT2D eigenvalue weighted by Gasteiger charge is -2.15. The number of hydrogen-bond acceptors (Lipinski definition) is 4. The highest BCUT2D eigenvalue weighted by molar-refractivity contribution is 7.11. The van der Waals surface area contributed by atoms with E-state index >= 15 is 0 Å². The zero-order valence-electron chi connectivity index (χ0n) is 13.7. The van der Waals surface area contributed by atoms with Gasteiger partial charge in [-0.3, -0.25) is 4.79 Å². The number of carbonyl (C=O) groups excluding carboxylic acids is 1. The largest absolute Gasteiger partial charge is 0.375 e. The van der Waals surface area contributed by atoms with E-state index < -0.39 is 0 Å². The van der Waals surface area contributed by atoms with Gasteiger partial charge in [-0.25, -0.2) is 4.98 Å². The number of hydrogen-bond donors (Lipinski definition) is 1. The second-order valence-corrected chi connectivity index (χ2v) is 6.98. The van der Waals surface area contributed by atoms with Crippen LogP contribution in [0.3, 0.4) is 0 Å². The molecule has 1 aliphatic heterocycles. The second kappa shape index (κ2) is 8.22. The van der Waals surface area contributed by atoms with Gasteiger partial charge in [0.15, 0.2) is 0 Å². The molecule has 2 heterocycles. The summed E-state index contributed by atoms with van der Waals surface area (Å²) in [6, 6.07) is 9.85. The Morgan fingerprint density at radius 2 is 2.25 bits per heavy atom. The highest BCUT2D eigenvalue weighted by atomic mass is 32.1. The van der Waals surface area contributed by atoms with Gasteiger partial charge in [0.25, 0.3) is 0 Å². The SMILES string of the molecule is C=CCC(C(=O)NCCc1nc2c(s1)COCC2)c1ccccc1. The number of allylic oxidation sites excluding steroid dienone is 1. The maximum absolute atomic E-state index is 12.5. The minimum Gasteiger partial charge on any atom is -0.375 e. The van der Waals surface area contributed by atoms with Crippen LogP contribution in [0.25, 0.3) is 0 Å². The van der Waals surface area contributed by atoms with Gasteiger partial charge in [-0.2, -0.15) is 0 Å². The number of benzene rings is 1. The molecular weight excluding hydrogens is 320 g/mol. The Morgan fingerprint density at radius 1 is 1.42 bits per heavy atom. The van der Waals surface area contributed by atoms with Crippen molar-refractivity contribution in [3.05, 3.63) is 64.1 Å². The van der Waals surface area contributed by atoms with Crippen LogP contribution in [-0.4, -0.2) is 24.0 Å². The van der Waals surface area contributed by atoms with Crippen LogP contribution in [0.1, 0.15) is 33.5 Å². The third-order valence-electron chi connectivity index (χ3n) is 4.10.